The van der Waals surface area contributed by atoms with E-state index in [1.807, 2.05) is 0 Å². The zero-order valence-corrected chi connectivity index (χ0v) is 18.6. The molecule has 4 aromatic rings. The van der Waals surface area contributed by atoms with Crippen molar-refractivity contribution in [2.24, 2.45) is 5.73 Å². The minimum Gasteiger partial charge on any atom is -0.480 e. The summed E-state index contributed by atoms with van der Waals surface area (Å²) in [4.78, 5) is 45.4. The van der Waals surface area contributed by atoms with Crippen LogP contribution in [-0.2, 0) is 4.79 Å². The number of carbonyl (C=O) groups is 3. The van der Waals surface area contributed by atoms with E-state index in [-0.39, 0.29) is 23.2 Å². The van der Waals surface area contributed by atoms with E-state index in [9.17, 15) is 19.5 Å². The highest BCUT2D eigenvalue weighted by Crippen LogP contribution is 2.27. The van der Waals surface area contributed by atoms with Gasteiger partial charge in [-0.3, -0.25) is 19.9 Å². The van der Waals surface area contributed by atoms with Gasteiger partial charge in [0.2, 0.25) is 5.78 Å². The molecule has 0 spiro atoms. The molecule has 3 aromatic carbocycles. The number of ether oxygens (including phenoxy) is 1. The van der Waals surface area contributed by atoms with Crippen molar-refractivity contribution in [3.8, 4) is 5.75 Å². The van der Waals surface area contributed by atoms with Gasteiger partial charge in [0, 0.05) is 22.4 Å². The number of carboxylic acids is 1. The number of amides is 1. The molecule has 0 saturated carbocycles. The van der Waals surface area contributed by atoms with Crippen LogP contribution in [0.1, 0.15) is 27.3 Å². The fourth-order valence-corrected chi connectivity index (χ4v) is 3.50. The van der Waals surface area contributed by atoms with Crippen LogP contribution in [0.15, 0.2) is 66.7 Å². The molecule has 0 bridgehead atoms. The number of benzene rings is 3. The SMILES string of the molecule is Cc1c(OC(=O)N(CC(=O)O)c2ccccc2)ccc2[nH]c(C(=O)c3ccc(C(=N)N)cc3)nc12. The highest BCUT2D eigenvalue weighted by atomic mass is 16.6. The van der Waals surface area contributed by atoms with Crippen LogP contribution in [0, 0.1) is 12.3 Å². The van der Waals surface area contributed by atoms with E-state index < -0.39 is 18.6 Å². The van der Waals surface area contributed by atoms with Gasteiger partial charge in [-0.15, -0.1) is 0 Å². The average molecular weight is 471 g/mol. The van der Waals surface area contributed by atoms with Gasteiger partial charge in [0.1, 0.15) is 18.1 Å². The summed E-state index contributed by atoms with van der Waals surface area (Å²) in [5.41, 5.74) is 8.20. The molecule has 10 nitrogen and oxygen atoms in total. The van der Waals surface area contributed by atoms with Gasteiger partial charge in [-0.25, -0.2) is 9.78 Å². The van der Waals surface area contributed by atoms with Gasteiger partial charge in [-0.05, 0) is 31.2 Å². The Hall–Kier alpha value is -4.99. The highest BCUT2D eigenvalue weighted by Gasteiger charge is 2.23. The summed E-state index contributed by atoms with van der Waals surface area (Å²) in [6, 6.07) is 17.8. The van der Waals surface area contributed by atoms with Crippen molar-refractivity contribution in [3.05, 3.63) is 89.2 Å². The topological polar surface area (TPSA) is 162 Å². The molecular weight excluding hydrogens is 450 g/mol. The van der Waals surface area contributed by atoms with Gasteiger partial charge in [0.25, 0.3) is 0 Å². The molecule has 0 saturated heterocycles. The van der Waals surface area contributed by atoms with Gasteiger partial charge in [0.05, 0.1) is 11.0 Å². The third-order valence-corrected chi connectivity index (χ3v) is 5.31. The standard InChI is InChI=1S/C25H21N5O5/c1-14-19(35-25(34)30(13-20(31)32)17-5-3-2-4-6-17)12-11-18-21(14)29-24(28-18)22(33)15-7-9-16(10-8-15)23(26)27/h2-12H,13H2,1H3,(H3,26,27)(H,28,29)(H,31,32). The fourth-order valence-electron chi connectivity index (χ4n) is 3.50. The third-order valence-electron chi connectivity index (χ3n) is 5.31. The molecule has 1 heterocycles. The zero-order chi connectivity index (χ0) is 25.1. The molecule has 0 aliphatic heterocycles. The smallest absolute Gasteiger partial charge is 0.420 e. The predicted molar refractivity (Wildman–Crippen MR) is 129 cm³/mol. The van der Waals surface area contributed by atoms with Gasteiger partial charge >= 0.3 is 12.1 Å². The molecule has 0 aliphatic carbocycles. The molecule has 0 radical (unpaired) electrons. The van der Waals surface area contributed by atoms with E-state index in [1.165, 1.54) is 0 Å². The van der Waals surface area contributed by atoms with E-state index >= 15 is 0 Å². The number of hydrogen-bond donors (Lipinski definition) is 4. The van der Waals surface area contributed by atoms with Crippen LogP contribution >= 0.6 is 0 Å². The molecule has 0 unspecified atom stereocenters. The second-order valence-corrected chi connectivity index (χ2v) is 7.67. The summed E-state index contributed by atoms with van der Waals surface area (Å²) in [6.45, 7) is 1.11. The first-order valence-electron chi connectivity index (χ1n) is 10.5. The van der Waals surface area contributed by atoms with Gasteiger partial charge < -0.3 is 20.6 Å². The Labute approximate surface area is 199 Å². The van der Waals surface area contributed by atoms with Gasteiger partial charge in [0.15, 0.2) is 5.82 Å². The van der Waals surface area contributed by atoms with E-state index in [0.717, 1.165) is 4.90 Å². The first kappa shape index (κ1) is 23.2. The number of aromatic amines is 1. The zero-order valence-electron chi connectivity index (χ0n) is 18.6. The predicted octanol–water partition coefficient (Wildman–Crippen LogP) is 3.48. The number of H-pyrrole nitrogens is 1. The number of ketones is 1. The molecule has 10 heteroatoms. The number of nitrogens with one attached hydrogen (secondary N) is 2. The number of carbonyl (C=O) groups excluding carboxylic acids is 2. The van der Waals surface area contributed by atoms with Crippen molar-refractivity contribution in [1.29, 1.82) is 5.41 Å². The normalized spacial score (nSPS) is 10.7. The number of aromatic nitrogens is 2. The first-order chi connectivity index (χ1) is 16.7. The number of imidazole rings is 1. The number of amidine groups is 1. The number of hydrogen-bond acceptors (Lipinski definition) is 6. The first-order valence-corrected chi connectivity index (χ1v) is 10.5. The Morgan fingerprint density at radius 3 is 2.31 bits per heavy atom. The lowest BCUT2D eigenvalue weighted by atomic mass is 10.1. The Balaban J connectivity index is 1.61. The van der Waals surface area contributed by atoms with E-state index in [4.69, 9.17) is 15.9 Å². The maximum Gasteiger partial charge on any atom is 0.420 e. The minimum absolute atomic E-state index is 0.0962. The number of anilines is 1. The molecule has 1 amide bonds. The lowest BCUT2D eigenvalue weighted by Gasteiger charge is -2.20. The number of rotatable bonds is 7. The van der Waals surface area contributed by atoms with Crippen molar-refractivity contribution in [1.82, 2.24) is 9.97 Å². The summed E-state index contributed by atoms with van der Waals surface area (Å²) in [5.74, 6) is -1.36. The lowest BCUT2D eigenvalue weighted by Crippen LogP contribution is -2.37. The van der Waals surface area contributed by atoms with E-state index in [1.54, 1.807) is 73.7 Å². The van der Waals surface area contributed by atoms with Crippen LogP contribution in [0.2, 0.25) is 0 Å². The number of aryl methyl sites for hydroxylation is 1. The number of aliphatic carboxylic acids is 1. The van der Waals surface area contributed by atoms with Crippen LogP contribution in [0.4, 0.5) is 10.5 Å². The summed E-state index contributed by atoms with van der Waals surface area (Å²) < 4.78 is 5.51. The lowest BCUT2D eigenvalue weighted by molar-refractivity contribution is -0.135. The Morgan fingerprint density at radius 1 is 1.03 bits per heavy atom. The van der Waals surface area contributed by atoms with E-state index in [2.05, 4.69) is 9.97 Å². The molecule has 4 rings (SSSR count). The highest BCUT2D eigenvalue weighted by molar-refractivity contribution is 6.08. The van der Waals surface area contributed by atoms with Crippen LogP contribution in [0.5, 0.6) is 5.75 Å². The number of para-hydroxylation sites is 1. The van der Waals surface area contributed by atoms with Crippen molar-refractivity contribution in [2.75, 3.05) is 11.4 Å². The number of fused-ring (bicyclic) bond motifs is 1. The van der Waals surface area contributed by atoms with Crippen LogP contribution in [-0.4, -0.2) is 45.3 Å². The number of nitrogen functional groups attached to an aromatic ring is 1. The molecule has 1 aromatic heterocycles. The van der Waals surface area contributed by atoms with E-state index in [0.29, 0.717) is 33.4 Å². The monoisotopic (exact) mass is 471 g/mol. The summed E-state index contributed by atoms with van der Waals surface area (Å²) >= 11 is 0. The number of nitrogens with two attached hydrogens (primary N) is 1. The average Bonchev–Trinajstić information content (AvgIpc) is 3.29. The minimum atomic E-state index is -1.19. The second kappa shape index (κ2) is 9.48. The molecule has 0 atom stereocenters. The molecule has 176 valence electrons. The maximum atomic E-state index is 12.9. The fraction of sp³-hybridized carbons (Fsp3) is 0.0800. The van der Waals surface area contributed by atoms with Crippen LogP contribution < -0.4 is 15.4 Å². The van der Waals surface area contributed by atoms with Crippen LogP contribution in [0.25, 0.3) is 11.0 Å². The second-order valence-electron chi connectivity index (χ2n) is 7.67. The number of carboxylic acid groups (broad SMARTS) is 1. The maximum absolute atomic E-state index is 12.9. The Kier molecular flexibility index (Phi) is 6.27. The quantitative estimate of drug-likeness (QED) is 0.182. The molecule has 0 fully saturated rings. The van der Waals surface area contributed by atoms with Crippen LogP contribution in [0.3, 0.4) is 0 Å². The van der Waals surface area contributed by atoms with Gasteiger partial charge in [-0.2, -0.15) is 0 Å². The summed E-state index contributed by atoms with van der Waals surface area (Å²) in [7, 11) is 0. The number of nitrogens with zero attached hydrogens (tertiary/aromatic N) is 2. The summed E-state index contributed by atoms with van der Waals surface area (Å²) in [5, 5.41) is 16.7. The van der Waals surface area contributed by atoms with Crippen molar-refractivity contribution >= 4 is 40.4 Å². The van der Waals surface area contributed by atoms with Gasteiger partial charge in [-0.1, -0.05) is 42.5 Å². The Morgan fingerprint density at radius 2 is 1.69 bits per heavy atom. The molecule has 5 N–H and O–H groups in total. The van der Waals surface area contributed by atoms with Crippen molar-refractivity contribution in [3.63, 3.8) is 0 Å². The largest absolute Gasteiger partial charge is 0.480 e. The molecule has 0 aliphatic rings. The van der Waals surface area contributed by atoms with Crippen molar-refractivity contribution < 1.29 is 24.2 Å². The molecule has 35 heavy (non-hydrogen) atoms. The summed E-state index contributed by atoms with van der Waals surface area (Å²) in [6.07, 6.45) is -0.863. The van der Waals surface area contributed by atoms with Crippen molar-refractivity contribution in [2.45, 2.75) is 6.92 Å². The third kappa shape index (κ3) is 4.86. The Bertz CT molecular complexity index is 1440. The molecular formula is C25H21N5O5.